The van der Waals surface area contributed by atoms with E-state index in [-0.39, 0.29) is 11.6 Å². The lowest BCUT2D eigenvalue weighted by atomic mass is 10.1. The Bertz CT molecular complexity index is 703. The van der Waals surface area contributed by atoms with E-state index < -0.39 is 5.97 Å². The number of aromatic nitrogens is 2. The van der Waals surface area contributed by atoms with Gasteiger partial charge in [-0.3, -0.25) is 9.48 Å². The van der Waals surface area contributed by atoms with Gasteiger partial charge in [-0.1, -0.05) is 12.1 Å². The quantitative estimate of drug-likeness (QED) is 0.848. The largest absolute Gasteiger partial charge is 0.476 e. The van der Waals surface area contributed by atoms with Crippen molar-refractivity contribution in [2.45, 2.75) is 6.42 Å². The number of fused-ring (bicyclic) bond motifs is 1. The lowest BCUT2D eigenvalue weighted by Gasteiger charge is -2.04. The second kappa shape index (κ2) is 3.94. The van der Waals surface area contributed by atoms with Gasteiger partial charge in [0.1, 0.15) is 0 Å². The first kappa shape index (κ1) is 11.5. The zero-order valence-electron chi connectivity index (χ0n) is 10.2. The molecule has 1 aliphatic rings. The Morgan fingerprint density at radius 3 is 2.89 bits per heavy atom. The van der Waals surface area contributed by atoms with Crippen molar-refractivity contribution in [2.24, 2.45) is 7.05 Å². The van der Waals surface area contributed by atoms with E-state index in [0.717, 1.165) is 16.8 Å². The second-order valence-electron chi connectivity index (χ2n) is 4.44. The summed E-state index contributed by atoms with van der Waals surface area (Å²) in [5.74, 6) is -1.08. The molecule has 0 spiro atoms. The van der Waals surface area contributed by atoms with Gasteiger partial charge in [0.2, 0.25) is 5.91 Å². The Balaban J connectivity index is 2.06. The van der Waals surface area contributed by atoms with Crippen LogP contribution < -0.4 is 5.32 Å². The monoisotopic (exact) mass is 257 g/mol. The standard InChI is InChI=1S/C13H11N3O3/c1-16-11(6-10(15-16)13(18)19)8-3-2-7-5-12(17)14-9(7)4-8/h2-4,6H,5H2,1H3,(H,14,17)(H,18,19). The van der Waals surface area contributed by atoms with E-state index in [2.05, 4.69) is 10.4 Å². The predicted octanol–water partition coefficient (Wildman–Crippen LogP) is 1.28. The van der Waals surface area contributed by atoms with Crippen LogP contribution >= 0.6 is 0 Å². The summed E-state index contributed by atoms with van der Waals surface area (Å²) in [6, 6.07) is 7.08. The minimum atomic E-state index is -1.06. The lowest BCUT2D eigenvalue weighted by Crippen LogP contribution is -2.03. The van der Waals surface area contributed by atoms with E-state index >= 15 is 0 Å². The number of nitrogens with zero attached hydrogens (tertiary/aromatic N) is 2. The molecule has 0 saturated carbocycles. The fraction of sp³-hybridized carbons (Fsp3) is 0.154. The van der Waals surface area contributed by atoms with Crippen LogP contribution in [0.1, 0.15) is 16.1 Å². The third kappa shape index (κ3) is 1.87. The van der Waals surface area contributed by atoms with Crippen LogP contribution in [0.25, 0.3) is 11.3 Å². The molecular formula is C13H11N3O3. The summed E-state index contributed by atoms with van der Waals surface area (Å²) in [5.41, 5.74) is 3.25. The van der Waals surface area contributed by atoms with Gasteiger partial charge in [0.25, 0.3) is 0 Å². The molecule has 0 radical (unpaired) electrons. The Morgan fingerprint density at radius 2 is 2.21 bits per heavy atom. The highest BCUT2D eigenvalue weighted by Gasteiger charge is 2.19. The number of anilines is 1. The summed E-state index contributed by atoms with van der Waals surface area (Å²) in [7, 11) is 1.69. The molecule has 0 atom stereocenters. The van der Waals surface area contributed by atoms with Gasteiger partial charge in [-0.25, -0.2) is 4.79 Å². The average molecular weight is 257 g/mol. The zero-order valence-corrected chi connectivity index (χ0v) is 10.2. The molecule has 19 heavy (non-hydrogen) atoms. The average Bonchev–Trinajstić information content (AvgIpc) is 2.90. The van der Waals surface area contributed by atoms with Crippen LogP contribution in [-0.4, -0.2) is 26.8 Å². The molecule has 1 aromatic heterocycles. The molecule has 0 saturated heterocycles. The fourth-order valence-corrected chi connectivity index (χ4v) is 2.22. The van der Waals surface area contributed by atoms with Crippen molar-refractivity contribution in [3.8, 4) is 11.3 Å². The molecule has 1 amide bonds. The van der Waals surface area contributed by atoms with Gasteiger partial charge >= 0.3 is 5.97 Å². The Labute approximate surface area is 108 Å². The normalized spacial score (nSPS) is 13.2. The van der Waals surface area contributed by atoms with E-state index in [4.69, 9.17) is 5.11 Å². The number of hydrogen-bond donors (Lipinski definition) is 2. The lowest BCUT2D eigenvalue weighted by molar-refractivity contribution is -0.115. The minimum Gasteiger partial charge on any atom is -0.476 e. The maximum absolute atomic E-state index is 11.3. The van der Waals surface area contributed by atoms with Crippen molar-refractivity contribution >= 4 is 17.6 Å². The number of carbonyl (C=O) groups excluding carboxylic acids is 1. The highest BCUT2D eigenvalue weighted by Crippen LogP contribution is 2.29. The van der Waals surface area contributed by atoms with Crippen molar-refractivity contribution in [1.82, 2.24) is 9.78 Å². The van der Waals surface area contributed by atoms with Crippen LogP contribution in [0.4, 0.5) is 5.69 Å². The third-order valence-electron chi connectivity index (χ3n) is 3.13. The number of aromatic carboxylic acids is 1. The number of carboxylic acids is 1. The molecule has 0 bridgehead atoms. The highest BCUT2D eigenvalue weighted by molar-refractivity contribution is 6.00. The summed E-state index contributed by atoms with van der Waals surface area (Å²) in [5, 5.41) is 15.6. The molecule has 2 N–H and O–H groups in total. The van der Waals surface area contributed by atoms with Gasteiger partial charge < -0.3 is 10.4 Å². The molecule has 0 aliphatic carbocycles. The summed E-state index contributed by atoms with van der Waals surface area (Å²) in [6.45, 7) is 0. The van der Waals surface area contributed by atoms with Crippen LogP contribution in [0, 0.1) is 0 Å². The van der Waals surface area contributed by atoms with E-state index in [0.29, 0.717) is 12.1 Å². The van der Waals surface area contributed by atoms with E-state index in [1.807, 2.05) is 18.2 Å². The molecule has 1 aliphatic heterocycles. The van der Waals surface area contributed by atoms with E-state index in [1.165, 1.54) is 10.7 Å². The number of carbonyl (C=O) groups is 2. The number of carboxylic acid groups (broad SMARTS) is 1. The molecule has 2 aromatic rings. The zero-order chi connectivity index (χ0) is 13.6. The van der Waals surface area contributed by atoms with Crippen molar-refractivity contribution in [1.29, 1.82) is 0 Å². The number of amides is 1. The number of rotatable bonds is 2. The van der Waals surface area contributed by atoms with Gasteiger partial charge in [-0.2, -0.15) is 5.10 Å². The van der Waals surface area contributed by atoms with Crippen molar-refractivity contribution in [3.05, 3.63) is 35.5 Å². The molecule has 2 heterocycles. The van der Waals surface area contributed by atoms with Gasteiger partial charge in [-0.15, -0.1) is 0 Å². The van der Waals surface area contributed by atoms with E-state index in [1.54, 1.807) is 7.05 Å². The van der Waals surface area contributed by atoms with Gasteiger partial charge in [0, 0.05) is 18.3 Å². The van der Waals surface area contributed by atoms with Crippen LogP contribution in [0.15, 0.2) is 24.3 Å². The number of hydrogen-bond acceptors (Lipinski definition) is 3. The molecule has 6 heteroatoms. The predicted molar refractivity (Wildman–Crippen MR) is 67.9 cm³/mol. The molecule has 6 nitrogen and oxygen atoms in total. The molecule has 0 fully saturated rings. The van der Waals surface area contributed by atoms with E-state index in [9.17, 15) is 9.59 Å². The summed E-state index contributed by atoms with van der Waals surface area (Å²) in [4.78, 5) is 22.2. The highest BCUT2D eigenvalue weighted by atomic mass is 16.4. The fourth-order valence-electron chi connectivity index (χ4n) is 2.22. The third-order valence-corrected chi connectivity index (χ3v) is 3.13. The molecule has 96 valence electrons. The van der Waals surface area contributed by atoms with Gasteiger partial charge in [0.15, 0.2) is 5.69 Å². The smallest absolute Gasteiger partial charge is 0.356 e. The molecule has 1 aromatic carbocycles. The Hall–Kier alpha value is -2.63. The Kier molecular flexibility index (Phi) is 2.38. The SMILES string of the molecule is Cn1nc(C(=O)O)cc1-c1ccc2c(c1)NC(=O)C2. The van der Waals surface area contributed by atoms with Crippen LogP contribution in [0.2, 0.25) is 0 Å². The molecule has 0 unspecified atom stereocenters. The molecular weight excluding hydrogens is 246 g/mol. The topological polar surface area (TPSA) is 84.2 Å². The number of aryl methyl sites for hydroxylation is 1. The first-order valence-electron chi connectivity index (χ1n) is 5.75. The second-order valence-corrected chi connectivity index (χ2v) is 4.44. The summed E-state index contributed by atoms with van der Waals surface area (Å²) >= 11 is 0. The summed E-state index contributed by atoms with van der Waals surface area (Å²) < 4.78 is 1.52. The molecule has 3 rings (SSSR count). The number of benzene rings is 1. The van der Waals surface area contributed by atoms with Crippen LogP contribution in [0.5, 0.6) is 0 Å². The van der Waals surface area contributed by atoms with Crippen molar-refractivity contribution in [2.75, 3.05) is 5.32 Å². The maximum Gasteiger partial charge on any atom is 0.356 e. The first-order valence-corrected chi connectivity index (χ1v) is 5.75. The first-order chi connectivity index (χ1) is 9.04. The maximum atomic E-state index is 11.3. The minimum absolute atomic E-state index is 0.00188. The van der Waals surface area contributed by atoms with Crippen molar-refractivity contribution in [3.63, 3.8) is 0 Å². The van der Waals surface area contributed by atoms with Crippen LogP contribution in [0.3, 0.4) is 0 Å². The van der Waals surface area contributed by atoms with Gasteiger partial charge in [0.05, 0.1) is 12.1 Å². The van der Waals surface area contributed by atoms with Gasteiger partial charge in [-0.05, 0) is 17.7 Å². The van der Waals surface area contributed by atoms with Crippen LogP contribution in [-0.2, 0) is 18.3 Å². The number of nitrogens with one attached hydrogen (secondary N) is 1. The van der Waals surface area contributed by atoms with Crippen molar-refractivity contribution < 1.29 is 14.7 Å². The Morgan fingerprint density at radius 1 is 1.42 bits per heavy atom. The summed E-state index contributed by atoms with van der Waals surface area (Å²) in [6.07, 6.45) is 0.390.